The van der Waals surface area contributed by atoms with E-state index in [0.717, 1.165) is 13.0 Å². The summed E-state index contributed by atoms with van der Waals surface area (Å²) in [5.41, 5.74) is -0.163. The van der Waals surface area contributed by atoms with Gasteiger partial charge in [0, 0.05) is 17.4 Å². The van der Waals surface area contributed by atoms with Crippen LogP contribution in [0, 0.1) is 5.41 Å². The van der Waals surface area contributed by atoms with E-state index in [2.05, 4.69) is 26.1 Å². The van der Waals surface area contributed by atoms with E-state index >= 15 is 0 Å². The van der Waals surface area contributed by atoms with E-state index in [1.165, 1.54) is 0 Å². The summed E-state index contributed by atoms with van der Waals surface area (Å²) in [6.07, 6.45) is 1.52. The van der Waals surface area contributed by atoms with Gasteiger partial charge < -0.3 is 5.32 Å². The van der Waals surface area contributed by atoms with Crippen LogP contribution in [0.1, 0.15) is 54.4 Å². The lowest BCUT2D eigenvalue weighted by Crippen LogP contribution is -2.44. The van der Waals surface area contributed by atoms with E-state index in [4.69, 9.17) is 0 Å². The van der Waals surface area contributed by atoms with Crippen LogP contribution < -0.4 is 5.32 Å². The normalized spacial score (nSPS) is 13.0. The predicted octanol–water partition coefficient (Wildman–Crippen LogP) is 2.77. The van der Waals surface area contributed by atoms with E-state index in [9.17, 15) is 4.79 Å². The fourth-order valence-corrected chi connectivity index (χ4v) is 2.22. The van der Waals surface area contributed by atoms with Gasteiger partial charge in [0.2, 0.25) is 0 Å². The Labute approximate surface area is 88.5 Å². The van der Waals surface area contributed by atoms with E-state index in [-0.39, 0.29) is 11.0 Å². The van der Waals surface area contributed by atoms with Crippen LogP contribution in [0.25, 0.3) is 0 Å². The number of carbonyl (C=O) groups excluding carboxylic acids is 1. The van der Waals surface area contributed by atoms with Gasteiger partial charge in [-0.2, -0.15) is 0 Å². The zero-order chi connectivity index (χ0) is 11.4. The molecular formula is C12H25NO. The second-order valence-electron chi connectivity index (χ2n) is 5.25. The number of rotatable bonds is 6. The van der Waals surface area contributed by atoms with Gasteiger partial charge in [-0.1, -0.05) is 27.7 Å². The van der Waals surface area contributed by atoms with Crippen molar-refractivity contribution in [1.29, 1.82) is 0 Å². The van der Waals surface area contributed by atoms with Gasteiger partial charge in [0.05, 0.1) is 0 Å². The summed E-state index contributed by atoms with van der Waals surface area (Å²) < 4.78 is 0. The van der Waals surface area contributed by atoms with Gasteiger partial charge in [-0.15, -0.1) is 0 Å². The molecular weight excluding hydrogens is 174 g/mol. The van der Waals surface area contributed by atoms with Crippen molar-refractivity contribution < 1.29 is 4.79 Å². The molecule has 2 nitrogen and oxygen atoms in total. The van der Waals surface area contributed by atoms with Crippen LogP contribution in [0.4, 0.5) is 0 Å². The van der Waals surface area contributed by atoms with Crippen LogP contribution in [0.5, 0.6) is 0 Å². The lowest BCUT2D eigenvalue weighted by atomic mass is 9.76. The van der Waals surface area contributed by atoms with Gasteiger partial charge in [-0.05, 0) is 26.8 Å². The lowest BCUT2D eigenvalue weighted by Gasteiger charge is -2.34. The fraction of sp³-hybridized carbons (Fsp3) is 0.917. The molecule has 0 aromatic carbocycles. The molecule has 0 atom stereocenters. The van der Waals surface area contributed by atoms with Crippen LogP contribution >= 0.6 is 0 Å². The van der Waals surface area contributed by atoms with E-state index in [1.807, 2.05) is 20.8 Å². The molecule has 84 valence electrons. The number of hydrogen-bond donors (Lipinski definition) is 1. The lowest BCUT2D eigenvalue weighted by molar-refractivity contribution is -0.127. The highest BCUT2D eigenvalue weighted by molar-refractivity contribution is 5.83. The minimum absolute atomic E-state index is 0.0447. The minimum Gasteiger partial charge on any atom is -0.312 e. The molecule has 0 fully saturated rings. The highest BCUT2D eigenvalue weighted by atomic mass is 16.1. The highest BCUT2D eigenvalue weighted by Crippen LogP contribution is 2.29. The molecule has 0 radical (unpaired) electrons. The molecule has 14 heavy (non-hydrogen) atoms. The number of carbonyl (C=O) groups is 1. The third-order valence-electron chi connectivity index (χ3n) is 2.62. The summed E-state index contributed by atoms with van der Waals surface area (Å²) in [6.45, 7) is 13.4. The molecule has 0 aromatic heterocycles. The van der Waals surface area contributed by atoms with Crippen LogP contribution in [-0.4, -0.2) is 17.9 Å². The Hall–Kier alpha value is -0.370. The average Bonchev–Trinajstić information content (AvgIpc) is 2.00. The summed E-state index contributed by atoms with van der Waals surface area (Å²) in [5.74, 6) is 0.350. The molecule has 0 unspecified atom stereocenters. The van der Waals surface area contributed by atoms with E-state index < -0.39 is 0 Å². The number of ketones is 1. The Kier molecular flexibility index (Phi) is 4.79. The van der Waals surface area contributed by atoms with Crippen molar-refractivity contribution >= 4 is 5.78 Å². The van der Waals surface area contributed by atoms with Gasteiger partial charge in [0.15, 0.2) is 0 Å². The molecule has 0 spiro atoms. The predicted molar refractivity (Wildman–Crippen MR) is 61.5 cm³/mol. The number of nitrogens with one attached hydrogen (secondary N) is 1. The van der Waals surface area contributed by atoms with Crippen molar-refractivity contribution in [3.63, 3.8) is 0 Å². The topological polar surface area (TPSA) is 29.1 Å². The van der Waals surface area contributed by atoms with Gasteiger partial charge in [0.25, 0.3) is 0 Å². The molecule has 0 rings (SSSR count). The molecule has 0 aliphatic rings. The third kappa shape index (κ3) is 4.23. The Bertz CT molecular complexity index is 194. The molecule has 0 aromatic rings. The largest absolute Gasteiger partial charge is 0.312 e. The number of hydrogen-bond acceptors (Lipinski definition) is 2. The Morgan fingerprint density at radius 3 is 2.00 bits per heavy atom. The smallest absolute Gasteiger partial charge is 0.138 e. The second kappa shape index (κ2) is 4.92. The maximum atomic E-state index is 11.7. The van der Waals surface area contributed by atoms with Gasteiger partial charge in [0.1, 0.15) is 5.78 Å². The van der Waals surface area contributed by atoms with Gasteiger partial charge in [-0.3, -0.25) is 4.79 Å². The molecule has 2 heteroatoms. The Morgan fingerprint density at radius 1 is 1.14 bits per heavy atom. The molecule has 0 saturated carbocycles. The zero-order valence-electron chi connectivity index (χ0n) is 10.5. The first-order chi connectivity index (χ1) is 6.25. The summed E-state index contributed by atoms with van der Waals surface area (Å²) in [5, 5.41) is 3.40. The van der Waals surface area contributed by atoms with Crippen LogP contribution in [0.3, 0.4) is 0 Å². The highest BCUT2D eigenvalue weighted by Gasteiger charge is 2.32. The fourth-order valence-electron chi connectivity index (χ4n) is 2.22. The number of Topliss-reactive ketones (excluding diaryl/α,β-unsaturated/α-hetero) is 1. The summed E-state index contributed by atoms with van der Waals surface area (Å²) in [4.78, 5) is 11.7. The van der Waals surface area contributed by atoms with Crippen LogP contribution in [0.2, 0.25) is 0 Å². The standard InChI is InChI=1S/C12H25NO/c1-7-10(14)11(3,4)9-12(5,6)13-8-2/h13H,7-9H2,1-6H3. The van der Waals surface area contributed by atoms with Gasteiger partial charge >= 0.3 is 0 Å². The minimum atomic E-state index is -0.208. The van der Waals surface area contributed by atoms with Crippen LogP contribution in [-0.2, 0) is 4.79 Å². The van der Waals surface area contributed by atoms with Crippen molar-refractivity contribution in [1.82, 2.24) is 5.32 Å². The molecule has 0 heterocycles. The molecule has 0 aliphatic carbocycles. The summed E-state index contributed by atoms with van der Waals surface area (Å²) in [6, 6.07) is 0. The van der Waals surface area contributed by atoms with E-state index in [1.54, 1.807) is 0 Å². The molecule has 1 N–H and O–H groups in total. The zero-order valence-corrected chi connectivity index (χ0v) is 10.5. The first-order valence-electron chi connectivity index (χ1n) is 5.53. The third-order valence-corrected chi connectivity index (χ3v) is 2.62. The van der Waals surface area contributed by atoms with Crippen molar-refractivity contribution in [2.75, 3.05) is 6.54 Å². The van der Waals surface area contributed by atoms with Crippen molar-refractivity contribution in [3.05, 3.63) is 0 Å². The molecule has 0 saturated heterocycles. The van der Waals surface area contributed by atoms with Gasteiger partial charge in [-0.25, -0.2) is 0 Å². The SMILES string of the molecule is CCNC(C)(C)CC(C)(C)C(=O)CC. The van der Waals surface area contributed by atoms with Crippen LogP contribution in [0.15, 0.2) is 0 Å². The van der Waals surface area contributed by atoms with E-state index in [0.29, 0.717) is 12.2 Å². The molecule has 0 amide bonds. The Balaban J connectivity index is 4.41. The Morgan fingerprint density at radius 2 is 1.64 bits per heavy atom. The van der Waals surface area contributed by atoms with Crippen molar-refractivity contribution in [3.8, 4) is 0 Å². The quantitative estimate of drug-likeness (QED) is 0.712. The first kappa shape index (κ1) is 13.6. The molecule has 0 bridgehead atoms. The monoisotopic (exact) mass is 199 g/mol. The van der Waals surface area contributed by atoms with Crippen molar-refractivity contribution in [2.24, 2.45) is 5.41 Å². The first-order valence-corrected chi connectivity index (χ1v) is 5.53. The average molecular weight is 199 g/mol. The maximum Gasteiger partial charge on any atom is 0.138 e. The second-order valence-corrected chi connectivity index (χ2v) is 5.25. The maximum absolute atomic E-state index is 11.7. The summed E-state index contributed by atoms with van der Waals surface area (Å²) in [7, 11) is 0. The molecule has 0 aliphatic heterocycles. The summed E-state index contributed by atoms with van der Waals surface area (Å²) >= 11 is 0. The van der Waals surface area contributed by atoms with Crippen molar-refractivity contribution in [2.45, 2.75) is 59.9 Å².